The number of anilines is 1. The van der Waals surface area contributed by atoms with Gasteiger partial charge in [-0.15, -0.1) is 23.1 Å². The summed E-state index contributed by atoms with van der Waals surface area (Å²) in [6, 6.07) is 5.20. The number of amides is 2. The molecule has 0 aliphatic carbocycles. The molecule has 1 aromatic carbocycles. The molecule has 5 nitrogen and oxygen atoms in total. The Morgan fingerprint density at radius 1 is 1.45 bits per heavy atom. The fourth-order valence-electron chi connectivity index (χ4n) is 1.41. The summed E-state index contributed by atoms with van der Waals surface area (Å²) < 4.78 is 0. The fourth-order valence-corrected chi connectivity index (χ4v) is 2.75. The van der Waals surface area contributed by atoms with Gasteiger partial charge in [0.25, 0.3) is 11.8 Å². The summed E-state index contributed by atoms with van der Waals surface area (Å²) in [4.78, 5) is 27.9. The lowest BCUT2D eigenvalue weighted by atomic mass is 10.2. The minimum absolute atomic E-state index is 0.120. The van der Waals surface area contributed by atoms with Crippen molar-refractivity contribution in [2.75, 3.05) is 11.6 Å². The van der Waals surface area contributed by atoms with Crippen LogP contribution in [-0.4, -0.2) is 23.1 Å². The molecule has 0 radical (unpaired) electrons. The lowest BCUT2D eigenvalue weighted by Gasteiger charge is -2.05. The Hall–Kier alpha value is -1.57. The molecule has 0 spiro atoms. The van der Waals surface area contributed by atoms with Crippen LogP contribution in [-0.2, 0) is 0 Å². The minimum atomic E-state index is -0.635. The predicted octanol–water partition coefficient (Wildman–Crippen LogP) is 2.87. The number of carbonyl (C=O) groups excluding carboxylic acids is 2. The third-order valence-corrected chi connectivity index (χ3v) is 4.21. The highest BCUT2D eigenvalue weighted by Gasteiger charge is 2.14. The first-order valence-electron chi connectivity index (χ1n) is 5.41. The molecule has 0 aliphatic heterocycles. The first-order valence-corrected chi connectivity index (χ1v) is 7.89. The topological polar surface area (TPSA) is 85.1 Å². The third-order valence-electron chi connectivity index (χ3n) is 2.40. The molecule has 2 aromatic rings. The molecule has 0 bridgehead atoms. The Balaban J connectivity index is 2.21. The SMILES string of the molecule is CSc1ccc(Cl)c(C(=O)Nc2nc(C(N)=O)cs2)c1. The summed E-state index contributed by atoms with van der Waals surface area (Å²) >= 11 is 8.64. The maximum Gasteiger partial charge on any atom is 0.268 e. The number of rotatable bonds is 4. The number of aromatic nitrogens is 1. The van der Waals surface area contributed by atoms with Gasteiger partial charge in [-0.3, -0.25) is 14.9 Å². The van der Waals surface area contributed by atoms with E-state index in [2.05, 4.69) is 10.3 Å². The van der Waals surface area contributed by atoms with Gasteiger partial charge in [0.1, 0.15) is 5.69 Å². The summed E-state index contributed by atoms with van der Waals surface area (Å²) in [5.41, 5.74) is 5.58. The van der Waals surface area contributed by atoms with Crippen LogP contribution in [0.4, 0.5) is 5.13 Å². The Labute approximate surface area is 128 Å². The van der Waals surface area contributed by atoms with Gasteiger partial charge in [-0.2, -0.15) is 0 Å². The number of benzene rings is 1. The largest absolute Gasteiger partial charge is 0.364 e. The zero-order valence-electron chi connectivity index (χ0n) is 10.3. The van der Waals surface area contributed by atoms with E-state index in [4.69, 9.17) is 17.3 Å². The minimum Gasteiger partial charge on any atom is -0.364 e. The van der Waals surface area contributed by atoms with E-state index in [9.17, 15) is 9.59 Å². The zero-order chi connectivity index (χ0) is 14.7. The van der Waals surface area contributed by atoms with Gasteiger partial charge in [0.2, 0.25) is 0 Å². The number of carbonyl (C=O) groups is 2. The summed E-state index contributed by atoms with van der Waals surface area (Å²) in [5, 5.41) is 4.73. The first kappa shape index (κ1) is 14.8. The summed E-state index contributed by atoms with van der Waals surface area (Å²) in [6.07, 6.45) is 1.91. The Bertz CT molecular complexity index is 672. The van der Waals surface area contributed by atoms with Crippen LogP contribution in [0.25, 0.3) is 0 Å². The highest BCUT2D eigenvalue weighted by molar-refractivity contribution is 7.98. The van der Waals surface area contributed by atoms with Gasteiger partial charge in [-0.05, 0) is 24.5 Å². The molecular weight excluding hydrogens is 318 g/mol. The van der Waals surface area contributed by atoms with E-state index in [0.717, 1.165) is 16.2 Å². The van der Waals surface area contributed by atoms with Crippen molar-refractivity contribution in [2.24, 2.45) is 5.73 Å². The number of hydrogen-bond donors (Lipinski definition) is 2. The number of nitrogens with zero attached hydrogens (tertiary/aromatic N) is 1. The predicted molar refractivity (Wildman–Crippen MR) is 81.8 cm³/mol. The molecule has 2 rings (SSSR count). The average molecular weight is 328 g/mol. The fraction of sp³-hybridized carbons (Fsp3) is 0.0833. The van der Waals surface area contributed by atoms with E-state index in [1.54, 1.807) is 12.1 Å². The van der Waals surface area contributed by atoms with Crippen molar-refractivity contribution in [2.45, 2.75) is 4.90 Å². The van der Waals surface area contributed by atoms with Crippen molar-refractivity contribution in [3.63, 3.8) is 0 Å². The summed E-state index contributed by atoms with van der Waals surface area (Å²) in [6.45, 7) is 0. The second-order valence-corrected chi connectivity index (χ2v) is 5.85. The van der Waals surface area contributed by atoms with Crippen LogP contribution in [0.15, 0.2) is 28.5 Å². The zero-order valence-corrected chi connectivity index (χ0v) is 12.7. The standard InChI is InChI=1S/C12H10ClN3O2S2/c1-19-6-2-3-8(13)7(4-6)11(18)16-12-15-9(5-20-12)10(14)17/h2-5H,1H3,(H2,14,17)(H,15,16,18). The highest BCUT2D eigenvalue weighted by Crippen LogP contribution is 2.24. The molecular formula is C12H10ClN3O2S2. The van der Waals surface area contributed by atoms with Gasteiger partial charge in [0, 0.05) is 10.3 Å². The number of thioether (sulfide) groups is 1. The van der Waals surface area contributed by atoms with Crippen LogP contribution >= 0.6 is 34.7 Å². The molecule has 0 aliphatic rings. The second kappa shape index (κ2) is 6.25. The first-order chi connectivity index (χ1) is 9.51. The molecule has 0 saturated heterocycles. The molecule has 104 valence electrons. The molecule has 0 unspecified atom stereocenters. The van der Waals surface area contributed by atoms with Gasteiger partial charge in [0.05, 0.1) is 10.6 Å². The van der Waals surface area contributed by atoms with Gasteiger partial charge in [-0.1, -0.05) is 11.6 Å². The second-order valence-electron chi connectivity index (χ2n) is 3.70. The van der Waals surface area contributed by atoms with Gasteiger partial charge in [-0.25, -0.2) is 4.98 Å². The normalized spacial score (nSPS) is 10.3. The Morgan fingerprint density at radius 2 is 2.20 bits per heavy atom. The van der Waals surface area contributed by atoms with E-state index >= 15 is 0 Å². The Kier molecular flexibility index (Phi) is 4.64. The van der Waals surface area contributed by atoms with E-state index in [-0.39, 0.29) is 11.6 Å². The van der Waals surface area contributed by atoms with E-state index < -0.39 is 5.91 Å². The van der Waals surface area contributed by atoms with Crippen LogP contribution in [0, 0.1) is 0 Å². The number of nitrogens with one attached hydrogen (secondary N) is 1. The van der Waals surface area contributed by atoms with Crippen LogP contribution in [0.2, 0.25) is 5.02 Å². The highest BCUT2D eigenvalue weighted by atomic mass is 35.5. The molecule has 3 N–H and O–H groups in total. The molecule has 2 amide bonds. The maximum absolute atomic E-state index is 12.1. The number of hydrogen-bond acceptors (Lipinski definition) is 5. The molecule has 0 atom stereocenters. The summed E-state index contributed by atoms with van der Waals surface area (Å²) in [5.74, 6) is -1.01. The van der Waals surface area contributed by atoms with Crippen molar-refractivity contribution in [1.29, 1.82) is 0 Å². The van der Waals surface area contributed by atoms with E-state index in [0.29, 0.717) is 15.7 Å². The molecule has 8 heteroatoms. The Morgan fingerprint density at radius 3 is 2.80 bits per heavy atom. The molecule has 0 fully saturated rings. The number of nitrogens with two attached hydrogens (primary N) is 1. The van der Waals surface area contributed by atoms with E-state index in [1.165, 1.54) is 17.1 Å². The molecule has 0 saturated carbocycles. The molecule has 1 aromatic heterocycles. The van der Waals surface area contributed by atoms with Crippen LogP contribution in [0.5, 0.6) is 0 Å². The maximum atomic E-state index is 12.1. The third kappa shape index (κ3) is 3.30. The lowest BCUT2D eigenvalue weighted by molar-refractivity contribution is 0.0992. The van der Waals surface area contributed by atoms with E-state index in [1.807, 2.05) is 12.3 Å². The average Bonchev–Trinajstić information content (AvgIpc) is 2.88. The quantitative estimate of drug-likeness (QED) is 0.845. The van der Waals surface area contributed by atoms with Crippen molar-refractivity contribution in [3.05, 3.63) is 39.9 Å². The number of thiazole rings is 1. The van der Waals surface area contributed by atoms with Crippen molar-refractivity contribution in [3.8, 4) is 0 Å². The van der Waals surface area contributed by atoms with Crippen molar-refractivity contribution < 1.29 is 9.59 Å². The van der Waals surface area contributed by atoms with Crippen molar-refractivity contribution in [1.82, 2.24) is 4.98 Å². The molecule has 1 heterocycles. The number of halogens is 1. The monoisotopic (exact) mass is 327 g/mol. The summed E-state index contributed by atoms with van der Waals surface area (Å²) in [7, 11) is 0. The molecule has 20 heavy (non-hydrogen) atoms. The van der Waals surface area contributed by atoms with Gasteiger partial charge < -0.3 is 5.73 Å². The van der Waals surface area contributed by atoms with Crippen LogP contribution < -0.4 is 11.1 Å². The van der Waals surface area contributed by atoms with Gasteiger partial charge >= 0.3 is 0 Å². The van der Waals surface area contributed by atoms with Crippen molar-refractivity contribution >= 4 is 51.6 Å². The number of primary amides is 1. The van der Waals surface area contributed by atoms with Gasteiger partial charge in [0.15, 0.2) is 5.13 Å². The van der Waals surface area contributed by atoms with Crippen LogP contribution in [0.1, 0.15) is 20.8 Å². The van der Waals surface area contributed by atoms with Crippen LogP contribution in [0.3, 0.4) is 0 Å². The smallest absolute Gasteiger partial charge is 0.268 e. The lowest BCUT2D eigenvalue weighted by Crippen LogP contribution is -2.14.